The van der Waals surface area contributed by atoms with Crippen molar-refractivity contribution in [1.29, 1.82) is 0 Å². The number of thioether (sulfide) groups is 1. The summed E-state index contributed by atoms with van der Waals surface area (Å²) in [5.41, 5.74) is 1.55. The van der Waals surface area contributed by atoms with E-state index in [2.05, 4.69) is 33.2 Å². The molecule has 2 aromatic carbocycles. The maximum Gasteiger partial charge on any atom is 0.238 e. The summed E-state index contributed by atoms with van der Waals surface area (Å²) < 4.78 is 1.11. The van der Waals surface area contributed by atoms with E-state index in [1.807, 2.05) is 48.5 Å². The predicted molar refractivity (Wildman–Crippen MR) is 97.1 cm³/mol. The van der Waals surface area contributed by atoms with Crippen molar-refractivity contribution < 1.29 is 9.59 Å². The highest BCUT2D eigenvalue weighted by Crippen LogP contribution is 2.36. The molecule has 0 radical (unpaired) electrons. The fourth-order valence-electron chi connectivity index (χ4n) is 2.14. The van der Waals surface area contributed by atoms with E-state index < -0.39 is 5.25 Å². The molecule has 0 saturated carbocycles. The number of benzene rings is 2. The number of carbonyl (C=O) groups excluding carboxylic acids is 2. The molecule has 22 heavy (non-hydrogen) atoms. The summed E-state index contributed by atoms with van der Waals surface area (Å²) in [6.45, 7) is 0. The van der Waals surface area contributed by atoms with Crippen LogP contribution in [0.2, 0.25) is 0 Å². The quantitative estimate of drug-likeness (QED) is 0.739. The molecule has 0 fully saturated rings. The van der Waals surface area contributed by atoms with Crippen molar-refractivity contribution in [2.45, 2.75) is 16.6 Å². The van der Waals surface area contributed by atoms with Crippen LogP contribution in [0.4, 0.5) is 11.4 Å². The Morgan fingerprint density at radius 2 is 1.91 bits per heavy atom. The number of hydrogen-bond acceptors (Lipinski definition) is 3. The third-order valence-corrected chi connectivity index (χ3v) is 5.20. The van der Waals surface area contributed by atoms with Gasteiger partial charge in [-0.05, 0) is 59.0 Å². The van der Waals surface area contributed by atoms with E-state index in [9.17, 15) is 9.59 Å². The smallest absolute Gasteiger partial charge is 0.238 e. The largest absolute Gasteiger partial charge is 0.326 e. The van der Waals surface area contributed by atoms with Crippen LogP contribution in [0.3, 0.4) is 0 Å². The van der Waals surface area contributed by atoms with Gasteiger partial charge in [-0.3, -0.25) is 9.59 Å². The number of hydrogen-bond donors (Lipinski definition) is 2. The summed E-state index contributed by atoms with van der Waals surface area (Å²) in [7, 11) is 0. The Morgan fingerprint density at radius 3 is 2.68 bits per heavy atom. The van der Waals surface area contributed by atoms with Crippen molar-refractivity contribution >= 4 is 57.5 Å². The lowest BCUT2D eigenvalue weighted by atomic mass is 10.2. The van der Waals surface area contributed by atoms with Crippen LogP contribution in [0.15, 0.2) is 53.4 Å². The predicted octanol–water partition coefficient (Wildman–Crippen LogP) is 3.73. The van der Waals surface area contributed by atoms with Crippen LogP contribution in [0.5, 0.6) is 0 Å². The highest BCUT2D eigenvalue weighted by atomic mass is 127. The summed E-state index contributed by atoms with van der Waals surface area (Å²) in [6, 6.07) is 15.2. The van der Waals surface area contributed by atoms with Gasteiger partial charge in [-0.1, -0.05) is 12.1 Å². The number of nitrogens with one attached hydrogen (secondary N) is 2. The molecule has 0 spiro atoms. The average Bonchev–Trinajstić information content (AvgIpc) is 2.50. The molecule has 0 saturated heterocycles. The van der Waals surface area contributed by atoms with E-state index in [-0.39, 0.29) is 18.2 Å². The lowest BCUT2D eigenvalue weighted by Gasteiger charge is -2.23. The molecule has 1 heterocycles. The van der Waals surface area contributed by atoms with Gasteiger partial charge in [0.15, 0.2) is 0 Å². The molecule has 0 aromatic heterocycles. The molecule has 2 amide bonds. The Balaban J connectivity index is 1.64. The molecule has 0 aliphatic carbocycles. The maximum atomic E-state index is 12.1. The van der Waals surface area contributed by atoms with Crippen molar-refractivity contribution in [2.75, 3.05) is 10.6 Å². The van der Waals surface area contributed by atoms with Gasteiger partial charge in [0.1, 0.15) is 0 Å². The van der Waals surface area contributed by atoms with E-state index >= 15 is 0 Å². The van der Waals surface area contributed by atoms with Crippen molar-refractivity contribution in [3.63, 3.8) is 0 Å². The first kappa shape index (κ1) is 15.4. The molecule has 2 N–H and O–H groups in total. The highest BCUT2D eigenvalue weighted by Gasteiger charge is 2.28. The highest BCUT2D eigenvalue weighted by molar-refractivity contribution is 14.1. The molecule has 0 bridgehead atoms. The third kappa shape index (κ3) is 3.61. The van der Waals surface area contributed by atoms with Crippen molar-refractivity contribution in [3.8, 4) is 0 Å². The fraction of sp³-hybridized carbons (Fsp3) is 0.125. The van der Waals surface area contributed by atoms with Gasteiger partial charge in [0.25, 0.3) is 0 Å². The van der Waals surface area contributed by atoms with Crippen LogP contribution in [0.1, 0.15) is 6.42 Å². The van der Waals surface area contributed by atoms with E-state index in [1.165, 1.54) is 11.8 Å². The summed E-state index contributed by atoms with van der Waals surface area (Å²) in [5.74, 6) is -0.283. The molecule has 112 valence electrons. The van der Waals surface area contributed by atoms with Crippen molar-refractivity contribution in [1.82, 2.24) is 0 Å². The van der Waals surface area contributed by atoms with E-state index in [4.69, 9.17) is 0 Å². The van der Waals surface area contributed by atoms with E-state index in [1.54, 1.807) is 0 Å². The number of halogens is 1. The van der Waals surface area contributed by atoms with Gasteiger partial charge >= 0.3 is 0 Å². The summed E-state index contributed by atoms with van der Waals surface area (Å²) in [6.07, 6.45) is 0.150. The first-order valence-corrected chi connectivity index (χ1v) is 8.69. The molecule has 4 nitrogen and oxygen atoms in total. The van der Waals surface area contributed by atoms with Gasteiger partial charge in [0.2, 0.25) is 11.8 Å². The normalized spacial score (nSPS) is 16.6. The Hall–Kier alpha value is -1.54. The number of anilines is 2. The van der Waals surface area contributed by atoms with E-state index in [0.717, 1.165) is 19.8 Å². The van der Waals surface area contributed by atoms with Crippen LogP contribution in [0, 0.1) is 3.57 Å². The second-order valence-corrected chi connectivity index (χ2v) is 7.34. The summed E-state index contributed by atoms with van der Waals surface area (Å²) in [4.78, 5) is 25.2. The van der Waals surface area contributed by atoms with Gasteiger partial charge < -0.3 is 10.6 Å². The van der Waals surface area contributed by atoms with Gasteiger partial charge in [-0.2, -0.15) is 0 Å². The Kier molecular flexibility index (Phi) is 4.68. The lowest BCUT2D eigenvalue weighted by molar-refractivity contribution is -0.120. The zero-order chi connectivity index (χ0) is 15.5. The number of para-hydroxylation sites is 1. The number of amides is 2. The Labute approximate surface area is 146 Å². The topological polar surface area (TPSA) is 58.2 Å². The Morgan fingerprint density at radius 1 is 1.18 bits per heavy atom. The molecule has 3 rings (SSSR count). The standard InChI is InChI=1S/C16H13IN2O2S/c17-10-5-7-11(8-6-10)18-15(20)9-14-16(21)19-12-3-1-2-4-13(12)22-14/h1-8,14H,9H2,(H,18,20)(H,19,21). The minimum absolute atomic E-state index is 0.124. The second-order valence-electron chi connectivity index (χ2n) is 4.85. The summed E-state index contributed by atoms with van der Waals surface area (Å²) >= 11 is 3.64. The molecule has 6 heteroatoms. The minimum Gasteiger partial charge on any atom is -0.326 e. The van der Waals surface area contributed by atoms with E-state index in [0.29, 0.717) is 0 Å². The van der Waals surface area contributed by atoms with Crippen LogP contribution in [-0.4, -0.2) is 17.1 Å². The fourth-order valence-corrected chi connectivity index (χ4v) is 3.61. The molecule has 1 atom stereocenters. The second kappa shape index (κ2) is 6.70. The van der Waals surface area contributed by atoms with Gasteiger partial charge in [-0.15, -0.1) is 11.8 Å². The van der Waals surface area contributed by atoms with Crippen LogP contribution >= 0.6 is 34.4 Å². The van der Waals surface area contributed by atoms with Crippen LogP contribution in [0.25, 0.3) is 0 Å². The molecule has 2 aromatic rings. The van der Waals surface area contributed by atoms with Crippen molar-refractivity contribution in [2.24, 2.45) is 0 Å². The molecular weight excluding hydrogens is 411 g/mol. The number of fused-ring (bicyclic) bond motifs is 1. The Bertz CT molecular complexity index is 718. The number of carbonyl (C=O) groups is 2. The van der Waals surface area contributed by atoms with Crippen molar-refractivity contribution in [3.05, 3.63) is 52.1 Å². The first-order valence-electron chi connectivity index (χ1n) is 6.74. The zero-order valence-corrected chi connectivity index (χ0v) is 14.5. The summed E-state index contributed by atoms with van der Waals surface area (Å²) in [5, 5.41) is 5.27. The SMILES string of the molecule is O=C(CC1Sc2ccccc2NC1=O)Nc1ccc(I)cc1. The van der Waals surface area contributed by atoms with Gasteiger partial charge in [0.05, 0.1) is 10.9 Å². The third-order valence-electron chi connectivity index (χ3n) is 3.21. The molecule has 1 aliphatic rings. The monoisotopic (exact) mass is 424 g/mol. The van der Waals surface area contributed by atoms with Gasteiger partial charge in [0, 0.05) is 20.6 Å². The molecule has 1 unspecified atom stereocenters. The average molecular weight is 424 g/mol. The lowest BCUT2D eigenvalue weighted by Crippen LogP contribution is -2.32. The zero-order valence-electron chi connectivity index (χ0n) is 11.5. The minimum atomic E-state index is -0.404. The molecular formula is C16H13IN2O2S. The number of rotatable bonds is 3. The first-order chi connectivity index (χ1) is 10.6. The van der Waals surface area contributed by atoms with Gasteiger partial charge in [-0.25, -0.2) is 0 Å². The van der Waals surface area contributed by atoms with Crippen LogP contribution in [-0.2, 0) is 9.59 Å². The maximum absolute atomic E-state index is 12.1. The van der Waals surface area contributed by atoms with Crippen LogP contribution < -0.4 is 10.6 Å². The molecule has 1 aliphatic heterocycles.